The van der Waals surface area contributed by atoms with Crippen LogP contribution in [0.4, 0.5) is 5.13 Å². The van der Waals surface area contributed by atoms with Gasteiger partial charge in [-0.1, -0.05) is 30.0 Å². The molecule has 1 amide bonds. The Hall–Kier alpha value is -1.58. The van der Waals surface area contributed by atoms with Gasteiger partial charge in [-0.25, -0.2) is 9.97 Å². The van der Waals surface area contributed by atoms with Crippen molar-refractivity contribution >= 4 is 55.7 Å². The number of rotatable bonds is 5. The highest BCUT2D eigenvalue weighted by Crippen LogP contribution is 2.35. The number of hydrogen-bond donors (Lipinski definition) is 1. The molecule has 126 valence electrons. The van der Waals surface area contributed by atoms with Crippen molar-refractivity contribution in [2.75, 3.05) is 11.1 Å². The van der Waals surface area contributed by atoms with Crippen LogP contribution in [0, 0.1) is 20.8 Å². The fraction of sp³-hybridized carbons (Fsp3) is 0.400. The van der Waals surface area contributed by atoms with Gasteiger partial charge in [0.15, 0.2) is 0 Å². The summed E-state index contributed by atoms with van der Waals surface area (Å²) < 4.78 is 0. The van der Waals surface area contributed by atoms with E-state index in [2.05, 4.69) is 39.3 Å². The van der Waals surface area contributed by atoms with Crippen LogP contribution in [0.2, 0.25) is 0 Å². The van der Waals surface area contributed by atoms with Crippen molar-refractivity contribution in [1.29, 1.82) is 0 Å². The van der Waals surface area contributed by atoms with E-state index in [0.717, 1.165) is 32.5 Å². The van der Waals surface area contributed by atoms with Crippen molar-refractivity contribution in [3.63, 3.8) is 0 Å². The first-order valence-corrected chi connectivity index (χ1v) is 10.1. The fourth-order valence-electron chi connectivity index (χ4n) is 2.16. The number of thiophene rings is 1. The van der Waals surface area contributed by atoms with Crippen molar-refractivity contribution < 1.29 is 4.79 Å². The summed E-state index contributed by atoms with van der Waals surface area (Å²) in [5.74, 6) is 0.900. The molecule has 0 aliphatic heterocycles. The minimum Gasteiger partial charge on any atom is -0.300 e. The van der Waals surface area contributed by atoms with E-state index < -0.39 is 0 Å². The Balaban J connectivity index is 1.74. The summed E-state index contributed by atoms with van der Waals surface area (Å²) in [6.07, 6.45) is 0.817. The van der Waals surface area contributed by atoms with E-state index in [4.69, 9.17) is 0 Å². The number of anilines is 1. The lowest BCUT2D eigenvalue weighted by molar-refractivity contribution is -0.113. The van der Waals surface area contributed by atoms with Gasteiger partial charge in [0.05, 0.1) is 5.75 Å². The van der Waals surface area contributed by atoms with Crippen LogP contribution < -0.4 is 5.32 Å². The molecule has 3 aromatic heterocycles. The van der Waals surface area contributed by atoms with Gasteiger partial charge in [0.1, 0.15) is 20.7 Å². The number of thioether (sulfide) groups is 1. The number of amides is 1. The Morgan fingerprint density at radius 2 is 1.96 bits per heavy atom. The quantitative estimate of drug-likeness (QED) is 0.537. The molecule has 3 heterocycles. The molecule has 0 aliphatic carbocycles. The maximum atomic E-state index is 12.2. The highest BCUT2D eigenvalue weighted by atomic mass is 32.2. The highest BCUT2D eigenvalue weighted by Gasteiger charge is 2.15. The van der Waals surface area contributed by atoms with Crippen LogP contribution in [0.25, 0.3) is 10.2 Å². The third-order valence-electron chi connectivity index (χ3n) is 3.46. The van der Waals surface area contributed by atoms with Crippen LogP contribution in [0.3, 0.4) is 0 Å². The molecular weight excluding hydrogens is 362 g/mol. The van der Waals surface area contributed by atoms with E-state index in [1.807, 2.05) is 13.8 Å². The van der Waals surface area contributed by atoms with E-state index >= 15 is 0 Å². The molecule has 6 nitrogen and oxygen atoms in total. The third kappa shape index (κ3) is 3.57. The second-order valence-corrected chi connectivity index (χ2v) is 8.46. The first kappa shape index (κ1) is 17.2. The van der Waals surface area contributed by atoms with Crippen molar-refractivity contribution in [3.8, 4) is 0 Å². The normalized spacial score (nSPS) is 11.2. The molecule has 0 aromatic carbocycles. The standard InChI is InChI=1S/C15H17N5OS3/c1-5-11-19-20-15(24-11)18-10(21)6-22-13-12-7(2)8(3)23-14(12)17-9(4)16-13/h5-6H2,1-4H3,(H,18,20,21). The van der Waals surface area contributed by atoms with E-state index in [1.54, 1.807) is 11.3 Å². The lowest BCUT2D eigenvalue weighted by Crippen LogP contribution is -2.14. The first-order chi connectivity index (χ1) is 11.5. The average molecular weight is 380 g/mol. The maximum absolute atomic E-state index is 12.2. The largest absolute Gasteiger partial charge is 0.300 e. The predicted octanol–water partition coefficient (Wildman–Crippen LogP) is 3.76. The first-order valence-electron chi connectivity index (χ1n) is 7.47. The van der Waals surface area contributed by atoms with Crippen molar-refractivity contribution in [2.24, 2.45) is 0 Å². The number of nitrogens with zero attached hydrogens (tertiary/aromatic N) is 4. The van der Waals surface area contributed by atoms with Gasteiger partial charge in [0.2, 0.25) is 11.0 Å². The molecule has 0 fully saturated rings. The number of fused-ring (bicyclic) bond motifs is 1. The lowest BCUT2D eigenvalue weighted by atomic mass is 10.2. The Labute approximate surface area is 152 Å². The molecule has 0 atom stereocenters. The van der Waals surface area contributed by atoms with Crippen LogP contribution >= 0.6 is 34.4 Å². The van der Waals surface area contributed by atoms with Crippen molar-refractivity contribution in [1.82, 2.24) is 20.2 Å². The molecule has 1 N–H and O–H groups in total. The van der Waals surface area contributed by atoms with Crippen LogP contribution in [0.15, 0.2) is 5.03 Å². The molecule has 0 bridgehead atoms. The zero-order valence-corrected chi connectivity index (χ0v) is 16.3. The number of nitrogens with one attached hydrogen (secondary N) is 1. The summed E-state index contributed by atoms with van der Waals surface area (Å²) in [4.78, 5) is 23.4. The topological polar surface area (TPSA) is 80.7 Å². The number of hydrogen-bond acceptors (Lipinski definition) is 8. The minimum atomic E-state index is -0.104. The van der Waals surface area contributed by atoms with Gasteiger partial charge in [0.25, 0.3) is 0 Å². The Kier molecular flexibility index (Phi) is 5.12. The Morgan fingerprint density at radius 3 is 2.67 bits per heavy atom. The Morgan fingerprint density at radius 1 is 1.17 bits per heavy atom. The van der Waals surface area contributed by atoms with Crippen LogP contribution in [0.1, 0.15) is 28.2 Å². The molecule has 0 saturated carbocycles. The minimum absolute atomic E-state index is 0.104. The van der Waals surface area contributed by atoms with Gasteiger partial charge < -0.3 is 0 Å². The fourth-order valence-corrected chi connectivity index (χ4v) is 4.92. The Bertz CT molecular complexity index is 902. The molecule has 3 aromatic rings. The summed E-state index contributed by atoms with van der Waals surface area (Å²) in [6.45, 7) is 8.04. The van der Waals surface area contributed by atoms with Crippen LogP contribution in [-0.2, 0) is 11.2 Å². The lowest BCUT2D eigenvalue weighted by Gasteiger charge is -2.05. The highest BCUT2D eigenvalue weighted by molar-refractivity contribution is 8.00. The van der Waals surface area contributed by atoms with Crippen molar-refractivity contribution in [2.45, 2.75) is 39.1 Å². The van der Waals surface area contributed by atoms with E-state index in [1.165, 1.54) is 33.5 Å². The molecule has 0 spiro atoms. The number of carbonyl (C=O) groups excluding carboxylic acids is 1. The molecule has 0 radical (unpaired) electrons. The molecule has 0 saturated heterocycles. The van der Waals surface area contributed by atoms with Crippen LogP contribution in [-0.4, -0.2) is 31.8 Å². The second-order valence-electron chi connectivity index (χ2n) is 5.23. The molecule has 9 heteroatoms. The number of aromatic nitrogens is 4. The second kappa shape index (κ2) is 7.12. The van der Waals surface area contributed by atoms with Gasteiger partial charge in [-0.15, -0.1) is 21.5 Å². The average Bonchev–Trinajstić information content (AvgIpc) is 3.10. The van der Waals surface area contributed by atoms with Gasteiger partial charge in [-0.05, 0) is 32.8 Å². The number of carbonyl (C=O) groups is 1. The monoisotopic (exact) mass is 379 g/mol. The van der Waals surface area contributed by atoms with Gasteiger partial charge in [-0.3, -0.25) is 10.1 Å². The summed E-state index contributed by atoms with van der Waals surface area (Å²) >= 11 is 4.51. The molecule has 3 rings (SSSR count). The zero-order valence-electron chi connectivity index (χ0n) is 13.8. The van der Waals surface area contributed by atoms with Gasteiger partial charge >= 0.3 is 0 Å². The van der Waals surface area contributed by atoms with E-state index in [-0.39, 0.29) is 11.7 Å². The van der Waals surface area contributed by atoms with Crippen LogP contribution in [0.5, 0.6) is 0 Å². The van der Waals surface area contributed by atoms with E-state index in [9.17, 15) is 4.79 Å². The number of aryl methyl sites for hydroxylation is 4. The maximum Gasteiger partial charge on any atom is 0.236 e. The third-order valence-corrected chi connectivity index (χ3v) is 6.52. The zero-order chi connectivity index (χ0) is 17.3. The molecule has 0 aliphatic rings. The predicted molar refractivity (Wildman–Crippen MR) is 100 cm³/mol. The summed E-state index contributed by atoms with van der Waals surface area (Å²) in [5.41, 5.74) is 1.19. The molecular formula is C15H17N5OS3. The summed E-state index contributed by atoms with van der Waals surface area (Å²) in [6, 6.07) is 0. The smallest absolute Gasteiger partial charge is 0.236 e. The van der Waals surface area contributed by atoms with Gasteiger partial charge in [0, 0.05) is 10.3 Å². The van der Waals surface area contributed by atoms with E-state index in [0.29, 0.717) is 5.13 Å². The SMILES string of the molecule is CCc1nnc(NC(=O)CSc2nc(C)nc3sc(C)c(C)c23)s1. The van der Waals surface area contributed by atoms with Gasteiger partial charge in [-0.2, -0.15) is 0 Å². The summed E-state index contributed by atoms with van der Waals surface area (Å²) in [7, 11) is 0. The molecule has 0 unspecified atom stereocenters. The molecule has 24 heavy (non-hydrogen) atoms. The summed E-state index contributed by atoms with van der Waals surface area (Å²) in [5, 5.41) is 14.1. The van der Waals surface area contributed by atoms with Crippen molar-refractivity contribution in [3.05, 3.63) is 21.3 Å².